The van der Waals surface area contributed by atoms with Crippen molar-refractivity contribution in [1.82, 2.24) is 74.8 Å². The Hall–Kier alpha value is -9.10. The third-order valence-corrected chi connectivity index (χ3v) is 22.0. The topological polar surface area (TPSA) is 373 Å². The number of β-amino-alcohol motifs (C(OH)–C–C–N with tert-alkyl or cyclic N) is 3. The molecule has 0 saturated carbocycles. The lowest BCUT2D eigenvalue weighted by Crippen LogP contribution is -2.47. The van der Waals surface area contributed by atoms with E-state index in [2.05, 4.69) is 106 Å². The molecule has 36 heteroatoms. The summed E-state index contributed by atoms with van der Waals surface area (Å²) in [7, 11) is 0. The SMILES string of the molecule is Cc1nc(Cl)cc(Nc2ncc(C(=O)Cc3c(C)cccc3Cl)s2)n1.Cc1nc(Nc2ncc(C(=O)Cc3c(C)cccc3Cl)s2)cc(N2CCN(CCO)CC2)n1.Cc1nc(Nc2ncc(C(=O)Cc3c(C)cccc3Cl)s2)cc(N2CCN(CCO)CC2)n1.Nc1ncnc2c1CC=N2.OCCN1CCNCC1.[2H]CC(C)=O. The van der Waals surface area contributed by atoms with Crippen molar-refractivity contribution in [1.29, 1.82) is 0 Å². The number of nitrogens with two attached hydrogens (primary N) is 1. The van der Waals surface area contributed by atoms with Crippen molar-refractivity contribution in [2.24, 2.45) is 4.99 Å². The van der Waals surface area contributed by atoms with E-state index in [1.165, 1.54) is 47.3 Å². The standard InChI is InChI=1S/2C23H27ClN6O2S.C17H14Cl2N4OS.C6H6N4.C6H14N2O.C3H6O/c2*1-15-4-3-5-18(24)17(15)12-19(32)20-14-25-23(33-20)28-21-13-22(27-16(2)26-21)30-8-6-29(7-9-30)10-11-31;1-9-4-3-5-12(18)11(9)6-13(24)14-8-20-17(25-14)23-16-7-15(19)21-10(2)22-16;7-5-4-1-2-8-6(4)10-3-9-5;9-6-5-8-3-1-7-2-4-8;1-3(2)4/h2*3-5,13-14,31H,6-12H2,1-2H3,(H,25,26,27,28);3-5,7-8H,6H2,1-2H3,(H,20,21,22,23);2-3H,1H2,(H2,7,9,10);7,9H,1-6H2;1-2H3/i;;;;;1D. The molecule has 4 aliphatic heterocycles. The Labute approximate surface area is 696 Å². The molecule has 0 bridgehead atoms. The van der Waals surface area contributed by atoms with Gasteiger partial charge in [-0.3, -0.25) is 29.1 Å². The molecule has 29 nitrogen and oxygen atoms in total. The van der Waals surface area contributed by atoms with Gasteiger partial charge in [0, 0.05) is 170 Å². The lowest BCUT2D eigenvalue weighted by Gasteiger charge is -2.35. The van der Waals surface area contributed by atoms with Crippen molar-refractivity contribution >= 4 is 166 Å². The van der Waals surface area contributed by atoms with Gasteiger partial charge in [-0.05, 0) is 107 Å². The van der Waals surface area contributed by atoms with Gasteiger partial charge in [-0.25, -0.2) is 59.8 Å². The van der Waals surface area contributed by atoms with Crippen molar-refractivity contribution in [2.75, 3.05) is 149 Å². The summed E-state index contributed by atoms with van der Waals surface area (Å²) >= 11 is 28.5. The van der Waals surface area contributed by atoms with Gasteiger partial charge in [0.05, 0.1) is 53.0 Å². The highest BCUT2D eigenvalue weighted by atomic mass is 35.5. The molecule has 114 heavy (non-hydrogen) atoms. The summed E-state index contributed by atoms with van der Waals surface area (Å²) in [6.07, 6.45) is 9.45. The van der Waals surface area contributed by atoms with E-state index in [0.29, 0.717) is 117 Å². The number of nitrogens with zero attached hydrogens (tertiary/aromatic N) is 17. The molecular formula is C78H94Cl4N22O7S3. The number of hydrogen-bond acceptors (Lipinski definition) is 32. The van der Waals surface area contributed by atoms with Gasteiger partial charge in [-0.2, -0.15) is 0 Å². The van der Waals surface area contributed by atoms with Crippen molar-refractivity contribution in [2.45, 2.75) is 81.0 Å². The molecule has 3 saturated heterocycles. The number of fused-ring (bicyclic) bond motifs is 1. The summed E-state index contributed by atoms with van der Waals surface area (Å²) in [5.41, 5.74) is 12.0. The Morgan fingerprint density at radius 3 is 1.23 bits per heavy atom. The van der Waals surface area contributed by atoms with Gasteiger partial charge >= 0.3 is 0 Å². The number of nitrogens with one attached hydrogen (secondary N) is 4. The lowest BCUT2D eigenvalue weighted by atomic mass is 10.0. The number of hydrogen-bond donors (Lipinski definition) is 8. The van der Waals surface area contributed by atoms with Crippen LogP contribution in [0.2, 0.25) is 20.2 Å². The number of halogens is 4. The summed E-state index contributed by atoms with van der Waals surface area (Å²) in [6.45, 7) is 26.7. The fourth-order valence-corrected chi connectivity index (χ4v) is 15.4. The summed E-state index contributed by atoms with van der Waals surface area (Å²) in [5.74, 6) is 6.53. The molecule has 0 radical (unpaired) electrons. The largest absolute Gasteiger partial charge is 0.395 e. The first-order valence-electron chi connectivity index (χ1n) is 37.4. The summed E-state index contributed by atoms with van der Waals surface area (Å²) in [6, 6.07) is 22.3. The molecule has 7 aromatic heterocycles. The Kier molecular flexibility index (Phi) is 34.2. The molecule has 3 fully saturated rings. The van der Waals surface area contributed by atoms with Gasteiger partial charge < -0.3 is 56.9 Å². The van der Waals surface area contributed by atoms with Gasteiger partial charge in [0.2, 0.25) is 0 Å². The highest BCUT2D eigenvalue weighted by Crippen LogP contribution is 2.32. The van der Waals surface area contributed by atoms with E-state index in [9.17, 15) is 19.2 Å². The predicted molar refractivity (Wildman–Crippen MR) is 457 cm³/mol. The number of aliphatic imine (C=N–C) groups is 1. The van der Waals surface area contributed by atoms with Crippen LogP contribution >= 0.6 is 80.4 Å². The van der Waals surface area contributed by atoms with Crippen LogP contribution in [0.3, 0.4) is 0 Å². The highest BCUT2D eigenvalue weighted by molar-refractivity contribution is 7.18. The molecule has 0 amide bonds. The van der Waals surface area contributed by atoms with Crippen molar-refractivity contribution in [3.8, 4) is 0 Å². The van der Waals surface area contributed by atoms with Gasteiger partial charge in [-0.1, -0.05) is 117 Å². The normalized spacial score (nSPS) is 14.0. The highest BCUT2D eigenvalue weighted by Gasteiger charge is 2.24. The van der Waals surface area contributed by atoms with Gasteiger partial charge in [0.1, 0.15) is 69.6 Å². The van der Waals surface area contributed by atoms with Crippen molar-refractivity contribution in [3.05, 3.63) is 189 Å². The van der Waals surface area contributed by atoms with E-state index in [-0.39, 0.29) is 62.5 Å². The Morgan fingerprint density at radius 2 is 0.877 bits per heavy atom. The maximum Gasteiger partial charge on any atom is 0.188 e. The van der Waals surface area contributed by atoms with Crippen LogP contribution in [0.1, 0.15) is 101 Å². The predicted octanol–water partition coefficient (Wildman–Crippen LogP) is 11.8. The number of benzene rings is 3. The zero-order chi connectivity index (χ0) is 82.5. The molecule has 11 heterocycles. The van der Waals surface area contributed by atoms with Crippen LogP contribution in [0.5, 0.6) is 0 Å². The average molecular weight is 1690 g/mol. The molecule has 0 unspecified atom stereocenters. The van der Waals surface area contributed by atoms with Crippen molar-refractivity contribution < 1.29 is 35.9 Å². The maximum atomic E-state index is 12.8. The summed E-state index contributed by atoms with van der Waals surface area (Å²) in [4.78, 5) is 112. The second kappa shape index (κ2) is 44.7. The molecule has 0 atom stereocenters. The fourth-order valence-electron chi connectivity index (χ4n) is 12.0. The minimum absolute atomic E-state index is 0.0166. The first-order chi connectivity index (χ1) is 55.3. The number of carbonyl (C=O) groups is 4. The Bertz CT molecular complexity index is 4670. The molecule has 604 valence electrons. The molecule has 0 aliphatic carbocycles. The number of thiazole rings is 3. The van der Waals surface area contributed by atoms with Gasteiger partial charge in [0.25, 0.3) is 0 Å². The van der Waals surface area contributed by atoms with Gasteiger partial charge in [0.15, 0.2) is 38.6 Å². The number of aliphatic hydroxyl groups is 3. The molecule has 3 aromatic carbocycles. The summed E-state index contributed by atoms with van der Waals surface area (Å²) in [5, 5.41) is 43.5. The molecule has 14 rings (SSSR count). The fraction of sp³-hybridized carbons (Fsp3) is 0.385. The van der Waals surface area contributed by atoms with E-state index in [1.807, 2.05) is 83.1 Å². The molecular weight excluding hydrogens is 1600 g/mol. The number of anilines is 9. The number of piperazine rings is 3. The number of Topliss-reactive ketones (excluding diaryl/α,β-unsaturated/α-hetero) is 4. The number of ketones is 4. The number of aromatic nitrogens is 11. The average Bonchev–Trinajstić information content (AvgIpc) is 0.873. The first kappa shape index (κ1) is 87.3. The second-order valence-corrected chi connectivity index (χ2v) is 31.2. The lowest BCUT2D eigenvalue weighted by molar-refractivity contribution is -0.115. The minimum atomic E-state index is -0.0833. The van der Waals surface area contributed by atoms with Crippen LogP contribution < -0.4 is 36.8 Å². The molecule has 0 spiro atoms. The monoisotopic (exact) mass is 1690 g/mol. The third-order valence-electron chi connectivity index (χ3n) is 17.9. The zero-order valence-electron chi connectivity index (χ0n) is 65.5. The minimum Gasteiger partial charge on any atom is -0.395 e. The van der Waals surface area contributed by atoms with E-state index >= 15 is 0 Å². The second-order valence-electron chi connectivity index (χ2n) is 26.5. The van der Waals surface area contributed by atoms with E-state index in [0.717, 1.165) is 142 Å². The van der Waals surface area contributed by atoms with Crippen LogP contribution in [-0.2, 0) is 30.5 Å². The van der Waals surface area contributed by atoms with Crippen LogP contribution in [-0.4, -0.2) is 232 Å². The van der Waals surface area contributed by atoms with Crippen LogP contribution in [0.4, 0.5) is 56.1 Å². The number of aliphatic hydroxyl groups excluding tert-OH is 3. The molecule has 4 aliphatic rings. The van der Waals surface area contributed by atoms with Crippen molar-refractivity contribution in [3.63, 3.8) is 0 Å². The van der Waals surface area contributed by atoms with Crippen LogP contribution in [0.15, 0.2) is 103 Å². The maximum absolute atomic E-state index is 12.8. The zero-order valence-corrected chi connectivity index (χ0v) is 69.9. The number of aryl methyl sites for hydroxylation is 6. The van der Waals surface area contributed by atoms with E-state index in [1.54, 1.807) is 56.0 Å². The number of carbonyl (C=O) groups excluding carboxylic acids is 4. The van der Waals surface area contributed by atoms with Crippen LogP contribution in [0, 0.1) is 41.5 Å². The number of nitrogen functional groups attached to an aromatic ring is 1. The smallest absolute Gasteiger partial charge is 0.188 e. The first-order valence-corrected chi connectivity index (χ1v) is 40.7. The van der Waals surface area contributed by atoms with Crippen LogP contribution in [0.25, 0.3) is 0 Å². The molecule has 9 N–H and O–H groups in total. The third kappa shape index (κ3) is 27.6. The van der Waals surface area contributed by atoms with Gasteiger partial charge in [-0.15, -0.1) is 0 Å². The molecule has 10 aromatic rings. The number of rotatable bonds is 23. The quantitative estimate of drug-likeness (QED) is 0.0218. The summed E-state index contributed by atoms with van der Waals surface area (Å²) < 4.78 is 6.31. The van der Waals surface area contributed by atoms with E-state index in [4.69, 9.17) is 68.8 Å². The van der Waals surface area contributed by atoms with E-state index < -0.39 is 0 Å². The Morgan fingerprint density at radius 1 is 0.509 bits per heavy atom. The Balaban J connectivity index is 0.000000173.